The summed E-state index contributed by atoms with van der Waals surface area (Å²) in [6, 6.07) is 7.05. The average Bonchev–Trinajstić information content (AvgIpc) is 2.79. The molecule has 17 heavy (non-hydrogen) atoms. The highest BCUT2D eigenvalue weighted by Crippen LogP contribution is 2.26. The molecule has 0 amide bonds. The Kier molecular flexibility index (Phi) is 3.91. The van der Waals surface area contributed by atoms with Crippen molar-refractivity contribution < 1.29 is 14.6 Å². The van der Waals surface area contributed by atoms with Crippen molar-refractivity contribution in [1.82, 2.24) is 4.90 Å². The molecule has 0 bridgehead atoms. The molecule has 2 rings (SSSR count). The van der Waals surface area contributed by atoms with Crippen LogP contribution in [0.15, 0.2) is 24.3 Å². The van der Waals surface area contributed by atoms with Crippen molar-refractivity contribution in [2.24, 2.45) is 0 Å². The van der Waals surface area contributed by atoms with Crippen LogP contribution in [0.3, 0.4) is 0 Å². The lowest BCUT2D eigenvalue weighted by Crippen LogP contribution is -2.34. The van der Waals surface area contributed by atoms with Crippen molar-refractivity contribution in [3.05, 3.63) is 29.8 Å². The molecule has 0 aliphatic carbocycles. The molecule has 1 saturated heterocycles. The third kappa shape index (κ3) is 2.92. The normalized spacial score (nSPS) is 20.4. The van der Waals surface area contributed by atoms with Gasteiger partial charge in [-0.3, -0.25) is 4.90 Å². The molecule has 0 radical (unpaired) electrons. The van der Waals surface area contributed by atoms with Gasteiger partial charge in [0.05, 0.1) is 7.11 Å². The maximum absolute atomic E-state index is 11.5. The first-order valence-corrected chi connectivity index (χ1v) is 6.47. The van der Waals surface area contributed by atoms with E-state index >= 15 is 0 Å². The van der Waals surface area contributed by atoms with E-state index in [1.165, 1.54) is 7.11 Å². The van der Waals surface area contributed by atoms with Gasteiger partial charge >= 0.3 is 5.97 Å². The molecule has 1 heterocycles. The number of rotatable bonds is 3. The lowest BCUT2D eigenvalue weighted by Gasteiger charge is -2.21. The van der Waals surface area contributed by atoms with Crippen molar-refractivity contribution in [3.8, 4) is 5.75 Å². The molecular formula is C12H15NO3S. The van der Waals surface area contributed by atoms with E-state index in [0.717, 1.165) is 17.9 Å². The smallest absolute Gasteiger partial charge is 0.333 e. The summed E-state index contributed by atoms with van der Waals surface area (Å²) in [5, 5.41) is 9.00. The molecule has 1 aliphatic heterocycles. The number of aromatic hydroxyl groups is 1. The molecule has 92 valence electrons. The summed E-state index contributed by atoms with van der Waals surface area (Å²) in [4.78, 5) is 13.6. The Bertz CT molecular complexity index is 393. The highest BCUT2D eigenvalue weighted by Gasteiger charge is 2.31. The van der Waals surface area contributed by atoms with Crippen molar-refractivity contribution in [3.63, 3.8) is 0 Å². The molecule has 0 saturated carbocycles. The fraction of sp³-hybridized carbons (Fsp3) is 0.417. The van der Waals surface area contributed by atoms with Gasteiger partial charge in [0.1, 0.15) is 5.75 Å². The van der Waals surface area contributed by atoms with E-state index in [1.54, 1.807) is 23.9 Å². The number of nitrogens with zero attached hydrogens (tertiary/aromatic N) is 1. The molecule has 1 aromatic rings. The minimum Gasteiger partial charge on any atom is -0.508 e. The predicted molar refractivity (Wildman–Crippen MR) is 66.8 cm³/mol. The predicted octanol–water partition coefficient (Wildman–Crippen LogP) is 1.44. The third-order valence-electron chi connectivity index (χ3n) is 2.71. The lowest BCUT2D eigenvalue weighted by molar-refractivity contribution is -0.143. The van der Waals surface area contributed by atoms with E-state index in [0.29, 0.717) is 6.54 Å². The summed E-state index contributed by atoms with van der Waals surface area (Å²) >= 11 is 1.61. The third-order valence-corrected chi connectivity index (χ3v) is 3.94. The van der Waals surface area contributed by atoms with Gasteiger partial charge in [-0.15, -0.1) is 11.8 Å². The minimum atomic E-state index is -0.200. The first kappa shape index (κ1) is 12.3. The first-order chi connectivity index (χ1) is 8.20. The Morgan fingerprint density at radius 3 is 2.88 bits per heavy atom. The number of carbonyl (C=O) groups is 1. The molecule has 1 aliphatic rings. The van der Waals surface area contributed by atoms with Crippen molar-refractivity contribution in [2.75, 3.05) is 19.4 Å². The van der Waals surface area contributed by atoms with Gasteiger partial charge in [-0.05, 0) is 17.7 Å². The number of hydrogen-bond acceptors (Lipinski definition) is 5. The van der Waals surface area contributed by atoms with Gasteiger partial charge in [0.25, 0.3) is 0 Å². The number of thioether (sulfide) groups is 1. The van der Waals surface area contributed by atoms with Crippen LogP contribution in [0.25, 0.3) is 0 Å². The highest BCUT2D eigenvalue weighted by atomic mass is 32.2. The maximum Gasteiger partial charge on any atom is 0.333 e. The van der Waals surface area contributed by atoms with E-state index in [9.17, 15) is 9.90 Å². The van der Waals surface area contributed by atoms with Crippen LogP contribution in [-0.2, 0) is 16.1 Å². The van der Waals surface area contributed by atoms with E-state index < -0.39 is 0 Å². The Morgan fingerprint density at radius 2 is 2.24 bits per heavy atom. The zero-order valence-electron chi connectivity index (χ0n) is 9.63. The molecule has 5 heteroatoms. The fourth-order valence-corrected chi connectivity index (χ4v) is 3.01. The number of phenols is 1. The van der Waals surface area contributed by atoms with E-state index in [2.05, 4.69) is 4.90 Å². The number of benzene rings is 1. The van der Waals surface area contributed by atoms with Gasteiger partial charge in [-0.1, -0.05) is 12.1 Å². The van der Waals surface area contributed by atoms with Gasteiger partial charge in [0.15, 0.2) is 5.37 Å². The highest BCUT2D eigenvalue weighted by molar-refractivity contribution is 8.00. The molecular weight excluding hydrogens is 238 g/mol. The van der Waals surface area contributed by atoms with Gasteiger partial charge in [0, 0.05) is 18.8 Å². The average molecular weight is 253 g/mol. The molecule has 0 spiro atoms. The van der Waals surface area contributed by atoms with Crippen LogP contribution in [0, 0.1) is 0 Å². The Balaban J connectivity index is 2.02. The summed E-state index contributed by atoms with van der Waals surface area (Å²) in [6.45, 7) is 1.58. The van der Waals surface area contributed by atoms with E-state index in [4.69, 9.17) is 4.74 Å². The zero-order chi connectivity index (χ0) is 12.3. The molecule has 1 unspecified atom stereocenters. The van der Waals surface area contributed by atoms with Crippen LogP contribution in [0.1, 0.15) is 5.56 Å². The van der Waals surface area contributed by atoms with Crippen LogP contribution in [0.2, 0.25) is 0 Å². The number of carbonyl (C=O) groups excluding carboxylic acids is 1. The number of phenolic OH excluding ortho intramolecular Hbond substituents is 1. The van der Waals surface area contributed by atoms with Gasteiger partial charge < -0.3 is 9.84 Å². The number of hydrogen-bond donors (Lipinski definition) is 1. The fourth-order valence-electron chi connectivity index (χ4n) is 1.82. The van der Waals surface area contributed by atoms with Crippen molar-refractivity contribution in [2.45, 2.75) is 11.9 Å². The first-order valence-electron chi connectivity index (χ1n) is 5.42. The summed E-state index contributed by atoms with van der Waals surface area (Å²) in [7, 11) is 1.42. The van der Waals surface area contributed by atoms with Gasteiger partial charge in [-0.2, -0.15) is 0 Å². The minimum absolute atomic E-state index is 0.189. The topological polar surface area (TPSA) is 49.8 Å². The quantitative estimate of drug-likeness (QED) is 0.826. The van der Waals surface area contributed by atoms with Crippen molar-refractivity contribution in [1.29, 1.82) is 0 Å². The molecule has 1 atom stereocenters. The lowest BCUT2D eigenvalue weighted by atomic mass is 10.2. The van der Waals surface area contributed by atoms with E-state index in [1.807, 2.05) is 12.1 Å². The van der Waals surface area contributed by atoms with E-state index in [-0.39, 0.29) is 17.1 Å². The van der Waals surface area contributed by atoms with Crippen LogP contribution < -0.4 is 0 Å². The second-order valence-corrected chi connectivity index (χ2v) is 5.07. The Labute approximate surface area is 105 Å². The SMILES string of the molecule is COC(=O)C1SCCN1Cc1ccc(O)cc1. The zero-order valence-corrected chi connectivity index (χ0v) is 10.4. The summed E-state index contributed by atoms with van der Waals surface area (Å²) in [5.41, 5.74) is 1.08. The standard InChI is InChI=1S/C12H15NO3S/c1-16-12(15)11-13(6-7-17-11)8-9-2-4-10(14)5-3-9/h2-5,11,14H,6-8H2,1H3. The molecule has 0 aromatic heterocycles. The molecule has 1 fully saturated rings. The summed E-state index contributed by atoms with van der Waals surface area (Å²) < 4.78 is 4.78. The second-order valence-electron chi connectivity index (χ2n) is 3.88. The summed E-state index contributed by atoms with van der Waals surface area (Å²) in [5.74, 6) is 1.01. The maximum atomic E-state index is 11.5. The molecule has 1 N–H and O–H groups in total. The molecule has 4 nitrogen and oxygen atoms in total. The molecule has 1 aromatic carbocycles. The number of esters is 1. The number of ether oxygens (including phenoxy) is 1. The van der Waals surface area contributed by atoms with Gasteiger partial charge in [-0.25, -0.2) is 4.79 Å². The van der Waals surface area contributed by atoms with Crippen molar-refractivity contribution >= 4 is 17.7 Å². The van der Waals surface area contributed by atoms with Crippen LogP contribution in [0.5, 0.6) is 5.75 Å². The second kappa shape index (κ2) is 5.42. The number of methoxy groups -OCH3 is 1. The van der Waals surface area contributed by atoms with Gasteiger partial charge in [0.2, 0.25) is 0 Å². The monoisotopic (exact) mass is 253 g/mol. The van der Waals surface area contributed by atoms with Crippen LogP contribution >= 0.6 is 11.8 Å². The Hall–Kier alpha value is -1.20. The largest absolute Gasteiger partial charge is 0.508 e. The van der Waals surface area contributed by atoms with Crippen LogP contribution in [0.4, 0.5) is 0 Å². The summed E-state index contributed by atoms with van der Waals surface area (Å²) in [6.07, 6.45) is 0. The Morgan fingerprint density at radius 1 is 1.53 bits per heavy atom. The van der Waals surface area contributed by atoms with Crippen LogP contribution in [-0.4, -0.2) is 40.8 Å².